The van der Waals surface area contributed by atoms with Gasteiger partial charge in [0.15, 0.2) is 0 Å². The van der Waals surface area contributed by atoms with E-state index in [-0.39, 0.29) is 6.04 Å². The molecule has 0 bridgehead atoms. The SMILES string of the molecule is COc1cc(C(c2ccc(C)cc2)N2CCNCC2)c(OC)cc1Br. The van der Waals surface area contributed by atoms with Gasteiger partial charge in [0.25, 0.3) is 0 Å². The smallest absolute Gasteiger partial charge is 0.133 e. The molecule has 1 saturated heterocycles. The van der Waals surface area contributed by atoms with Crippen LogP contribution in [0.5, 0.6) is 11.5 Å². The molecule has 2 aromatic carbocycles. The highest BCUT2D eigenvalue weighted by molar-refractivity contribution is 9.10. The van der Waals surface area contributed by atoms with Crippen molar-refractivity contribution >= 4 is 15.9 Å². The maximum absolute atomic E-state index is 5.71. The number of benzene rings is 2. The second-order valence-corrected chi connectivity index (χ2v) is 7.18. The molecule has 1 unspecified atom stereocenters. The number of nitrogens with one attached hydrogen (secondary N) is 1. The van der Waals surface area contributed by atoms with E-state index in [1.165, 1.54) is 11.1 Å². The summed E-state index contributed by atoms with van der Waals surface area (Å²) >= 11 is 3.56. The quantitative estimate of drug-likeness (QED) is 0.821. The van der Waals surface area contributed by atoms with Crippen LogP contribution < -0.4 is 14.8 Å². The summed E-state index contributed by atoms with van der Waals surface area (Å²) in [5.41, 5.74) is 3.67. The third-order valence-electron chi connectivity index (χ3n) is 4.71. The predicted molar refractivity (Wildman–Crippen MR) is 105 cm³/mol. The highest BCUT2D eigenvalue weighted by Crippen LogP contribution is 2.40. The Balaban J connectivity index is 2.11. The summed E-state index contributed by atoms with van der Waals surface area (Å²) in [6.07, 6.45) is 0. The molecule has 3 rings (SSSR count). The van der Waals surface area contributed by atoms with Crippen molar-refractivity contribution in [1.29, 1.82) is 0 Å². The Morgan fingerprint density at radius 2 is 1.64 bits per heavy atom. The van der Waals surface area contributed by atoms with Gasteiger partial charge in [0.1, 0.15) is 11.5 Å². The summed E-state index contributed by atoms with van der Waals surface area (Å²) in [5.74, 6) is 1.69. The first-order chi connectivity index (χ1) is 12.1. The minimum atomic E-state index is 0.139. The molecule has 4 nitrogen and oxygen atoms in total. The molecule has 1 aliphatic heterocycles. The maximum atomic E-state index is 5.71. The van der Waals surface area contributed by atoms with Crippen molar-refractivity contribution in [3.8, 4) is 11.5 Å². The molecule has 1 N–H and O–H groups in total. The Bertz CT molecular complexity index is 712. The molecule has 1 fully saturated rings. The molecule has 0 spiro atoms. The molecule has 0 aromatic heterocycles. The summed E-state index contributed by atoms with van der Waals surface area (Å²) in [5, 5.41) is 3.44. The second-order valence-electron chi connectivity index (χ2n) is 6.33. The Morgan fingerprint density at radius 3 is 2.24 bits per heavy atom. The van der Waals surface area contributed by atoms with Crippen LogP contribution in [0.1, 0.15) is 22.7 Å². The molecular weight excluding hydrogens is 380 g/mol. The maximum Gasteiger partial charge on any atom is 0.133 e. The number of ether oxygens (including phenoxy) is 2. The molecule has 1 aliphatic rings. The van der Waals surface area contributed by atoms with Gasteiger partial charge in [-0.1, -0.05) is 29.8 Å². The van der Waals surface area contributed by atoms with Gasteiger partial charge < -0.3 is 14.8 Å². The summed E-state index contributed by atoms with van der Waals surface area (Å²) in [6.45, 7) is 6.11. The van der Waals surface area contributed by atoms with E-state index in [4.69, 9.17) is 9.47 Å². The highest BCUT2D eigenvalue weighted by Gasteiger charge is 2.27. The zero-order chi connectivity index (χ0) is 17.8. The molecule has 0 amide bonds. The number of hydrogen-bond acceptors (Lipinski definition) is 4. The normalized spacial score (nSPS) is 16.5. The number of halogens is 1. The lowest BCUT2D eigenvalue weighted by atomic mass is 9.94. The molecule has 1 atom stereocenters. The standard InChI is InChI=1S/C20H25BrN2O2/c1-14-4-6-15(7-5-14)20(23-10-8-22-9-11-23)16-12-19(25-3)17(21)13-18(16)24-2/h4-7,12-13,20,22H,8-11H2,1-3H3. The fourth-order valence-corrected chi connectivity index (χ4v) is 3.86. The zero-order valence-electron chi connectivity index (χ0n) is 15.0. The summed E-state index contributed by atoms with van der Waals surface area (Å²) in [7, 11) is 3.42. The number of piperazine rings is 1. The van der Waals surface area contributed by atoms with Gasteiger partial charge in [0.2, 0.25) is 0 Å². The van der Waals surface area contributed by atoms with Crippen molar-refractivity contribution in [2.24, 2.45) is 0 Å². The Morgan fingerprint density at radius 1 is 1.00 bits per heavy atom. The largest absolute Gasteiger partial charge is 0.496 e. The average molecular weight is 405 g/mol. The van der Waals surface area contributed by atoms with Crippen molar-refractivity contribution in [3.05, 3.63) is 57.6 Å². The molecule has 5 heteroatoms. The Kier molecular flexibility index (Phi) is 5.99. The zero-order valence-corrected chi connectivity index (χ0v) is 16.6. The lowest BCUT2D eigenvalue weighted by Gasteiger charge is -2.36. The van der Waals surface area contributed by atoms with Gasteiger partial charge in [-0.2, -0.15) is 0 Å². The number of hydrogen-bond donors (Lipinski definition) is 1. The number of nitrogens with zero attached hydrogens (tertiary/aromatic N) is 1. The van der Waals surface area contributed by atoms with Crippen LogP contribution in [0.25, 0.3) is 0 Å². The minimum Gasteiger partial charge on any atom is -0.496 e. The molecule has 0 radical (unpaired) electrons. The first-order valence-electron chi connectivity index (χ1n) is 8.56. The van der Waals surface area contributed by atoms with Gasteiger partial charge in [-0.15, -0.1) is 0 Å². The fraction of sp³-hybridized carbons (Fsp3) is 0.400. The van der Waals surface area contributed by atoms with Crippen molar-refractivity contribution in [2.75, 3.05) is 40.4 Å². The van der Waals surface area contributed by atoms with E-state index in [1.54, 1.807) is 14.2 Å². The van der Waals surface area contributed by atoms with Crippen LogP contribution in [0.2, 0.25) is 0 Å². The van der Waals surface area contributed by atoms with Crippen LogP contribution in [0.15, 0.2) is 40.9 Å². The van der Waals surface area contributed by atoms with Crippen LogP contribution in [-0.4, -0.2) is 45.3 Å². The van der Waals surface area contributed by atoms with Crippen molar-refractivity contribution in [3.63, 3.8) is 0 Å². The van der Waals surface area contributed by atoms with Gasteiger partial charge in [-0.05, 0) is 40.5 Å². The van der Waals surface area contributed by atoms with E-state index in [9.17, 15) is 0 Å². The van der Waals surface area contributed by atoms with Crippen molar-refractivity contribution < 1.29 is 9.47 Å². The summed E-state index contributed by atoms with van der Waals surface area (Å²) in [6, 6.07) is 13.0. The van der Waals surface area contributed by atoms with Gasteiger partial charge in [-0.25, -0.2) is 0 Å². The van der Waals surface area contributed by atoms with E-state index < -0.39 is 0 Å². The van der Waals surface area contributed by atoms with E-state index in [0.29, 0.717) is 0 Å². The summed E-state index contributed by atoms with van der Waals surface area (Å²) in [4.78, 5) is 2.51. The molecule has 134 valence electrons. The lowest BCUT2D eigenvalue weighted by molar-refractivity contribution is 0.195. The van der Waals surface area contributed by atoms with Crippen LogP contribution in [0, 0.1) is 6.92 Å². The van der Waals surface area contributed by atoms with Gasteiger partial charge in [-0.3, -0.25) is 4.90 Å². The topological polar surface area (TPSA) is 33.7 Å². The third kappa shape index (κ3) is 4.00. The van der Waals surface area contributed by atoms with Crippen molar-refractivity contribution in [1.82, 2.24) is 10.2 Å². The lowest BCUT2D eigenvalue weighted by Crippen LogP contribution is -2.45. The number of rotatable bonds is 5. The molecule has 1 heterocycles. The van der Waals surface area contributed by atoms with E-state index in [1.807, 2.05) is 6.07 Å². The monoisotopic (exact) mass is 404 g/mol. The molecule has 0 aliphatic carbocycles. The predicted octanol–water partition coefficient (Wildman–Crippen LogP) is 3.77. The van der Waals surface area contributed by atoms with E-state index in [2.05, 4.69) is 63.4 Å². The number of methoxy groups -OCH3 is 2. The van der Waals surface area contributed by atoms with Crippen LogP contribution >= 0.6 is 15.9 Å². The average Bonchev–Trinajstić information content (AvgIpc) is 2.65. The molecular formula is C20H25BrN2O2. The van der Waals surface area contributed by atoms with E-state index >= 15 is 0 Å². The Hall–Kier alpha value is -1.56. The molecule has 25 heavy (non-hydrogen) atoms. The van der Waals surface area contributed by atoms with Crippen LogP contribution in [0.3, 0.4) is 0 Å². The number of aryl methyl sites for hydroxylation is 1. The van der Waals surface area contributed by atoms with Crippen LogP contribution in [0.4, 0.5) is 0 Å². The van der Waals surface area contributed by atoms with E-state index in [0.717, 1.165) is 47.7 Å². The first-order valence-corrected chi connectivity index (χ1v) is 9.36. The van der Waals surface area contributed by atoms with Gasteiger partial charge in [0.05, 0.1) is 24.7 Å². The highest BCUT2D eigenvalue weighted by atomic mass is 79.9. The van der Waals surface area contributed by atoms with Crippen molar-refractivity contribution in [2.45, 2.75) is 13.0 Å². The van der Waals surface area contributed by atoms with Crippen LogP contribution in [-0.2, 0) is 0 Å². The summed E-state index contributed by atoms with van der Waals surface area (Å²) < 4.78 is 12.2. The third-order valence-corrected chi connectivity index (χ3v) is 5.33. The second kappa shape index (κ2) is 8.21. The van der Waals surface area contributed by atoms with Gasteiger partial charge >= 0.3 is 0 Å². The minimum absolute atomic E-state index is 0.139. The van der Waals surface area contributed by atoms with Gasteiger partial charge in [0, 0.05) is 31.7 Å². The molecule has 0 saturated carbocycles. The molecule has 2 aromatic rings. The Labute approximate surface area is 158 Å². The fourth-order valence-electron chi connectivity index (χ4n) is 3.37. The first kappa shape index (κ1) is 18.2.